The molecule has 0 aliphatic carbocycles. The topological polar surface area (TPSA) is 103 Å². The van der Waals surface area contributed by atoms with Gasteiger partial charge in [-0.15, -0.1) is 0 Å². The van der Waals surface area contributed by atoms with Crippen molar-refractivity contribution in [2.75, 3.05) is 17.7 Å². The average Bonchev–Trinajstić information content (AvgIpc) is 3.23. The number of aryl methyl sites for hydroxylation is 2. The lowest BCUT2D eigenvalue weighted by atomic mass is 10.0. The zero-order valence-corrected chi connectivity index (χ0v) is 19.3. The SMILES string of the molecule is COc1ccc(C)cc1NC(=O)c1cc2ccccc2cc1OC(C)C(=O)Nc1cc(C)on1. The molecule has 0 saturated carbocycles. The summed E-state index contributed by atoms with van der Waals surface area (Å²) in [7, 11) is 1.54. The molecule has 1 heterocycles. The first-order chi connectivity index (χ1) is 16.3. The standard InChI is InChI=1S/C26H25N3O5/c1-15-9-10-22(32-4)21(11-15)27-26(31)20-13-18-7-5-6-8-19(18)14-23(20)33-17(3)25(30)28-24-12-16(2)34-29-24/h5-14,17H,1-4H3,(H,27,31)(H,28,29,30). The number of fused-ring (bicyclic) bond motifs is 1. The molecular weight excluding hydrogens is 434 g/mol. The second-order valence-corrected chi connectivity index (χ2v) is 7.93. The van der Waals surface area contributed by atoms with E-state index in [1.807, 2.05) is 43.3 Å². The van der Waals surface area contributed by atoms with Crippen LogP contribution in [0.5, 0.6) is 11.5 Å². The normalized spacial score (nSPS) is 11.6. The molecule has 4 aromatic rings. The number of ether oxygens (including phenoxy) is 2. The lowest BCUT2D eigenvalue weighted by molar-refractivity contribution is -0.122. The number of carbonyl (C=O) groups is 2. The first-order valence-electron chi connectivity index (χ1n) is 10.7. The minimum atomic E-state index is -0.904. The van der Waals surface area contributed by atoms with Crippen LogP contribution in [0.25, 0.3) is 10.8 Å². The summed E-state index contributed by atoms with van der Waals surface area (Å²) in [6.45, 7) is 5.25. The molecule has 8 nitrogen and oxygen atoms in total. The van der Waals surface area contributed by atoms with E-state index < -0.39 is 12.0 Å². The highest BCUT2D eigenvalue weighted by Gasteiger charge is 2.22. The molecule has 0 aliphatic rings. The van der Waals surface area contributed by atoms with Gasteiger partial charge in [-0.05, 0) is 61.4 Å². The van der Waals surface area contributed by atoms with Crippen LogP contribution in [-0.2, 0) is 4.79 Å². The number of amides is 2. The van der Waals surface area contributed by atoms with Gasteiger partial charge in [-0.25, -0.2) is 0 Å². The fourth-order valence-corrected chi connectivity index (χ4v) is 3.50. The largest absolute Gasteiger partial charge is 0.495 e. The summed E-state index contributed by atoms with van der Waals surface area (Å²) in [5.41, 5.74) is 1.80. The summed E-state index contributed by atoms with van der Waals surface area (Å²) in [6, 6.07) is 18.2. The Morgan fingerprint density at radius 1 is 0.941 bits per heavy atom. The van der Waals surface area contributed by atoms with E-state index in [4.69, 9.17) is 14.0 Å². The molecule has 2 N–H and O–H groups in total. The van der Waals surface area contributed by atoms with Crippen molar-refractivity contribution in [3.05, 3.63) is 77.6 Å². The van der Waals surface area contributed by atoms with Crippen molar-refractivity contribution in [3.8, 4) is 11.5 Å². The molecule has 2 amide bonds. The van der Waals surface area contributed by atoms with Crippen molar-refractivity contribution < 1.29 is 23.6 Å². The summed E-state index contributed by atoms with van der Waals surface area (Å²) >= 11 is 0. The summed E-state index contributed by atoms with van der Waals surface area (Å²) in [4.78, 5) is 26.0. The van der Waals surface area contributed by atoms with Gasteiger partial charge in [0, 0.05) is 6.07 Å². The maximum absolute atomic E-state index is 13.3. The maximum atomic E-state index is 13.3. The highest BCUT2D eigenvalue weighted by Crippen LogP contribution is 2.30. The van der Waals surface area contributed by atoms with Gasteiger partial charge in [0.2, 0.25) is 0 Å². The average molecular weight is 460 g/mol. The zero-order chi connectivity index (χ0) is 24.2. The minimum absolute atomic E-state index is 0.279. The Morgan fingerprint density at radius 3 is 2.35 bits per heavy atom. The molecule has 174 valence electrons. The fourth-order valence-electron chi connectivity index (χ4n) is 3.50. The number of aromatic nitrogens is 1. The highest BCUT2D eigenvalue weighted by atomic mass is 16.5. The summed E-state index contributed by atoms with van der Waals surface area (Å²) in [5.74, 6) is 0.877. The van der Waals surface area contributed by atoms with Crippen molar-refractivity contribution in [3.63, 3.8) is 0 Å². The van der Waals surface area contributed by atoms with Crippen molar-refractivity contribution in [1.82, 2.24) is 5.16 Å². The number of benzene rings is 3. The second kappa shape index (κ2) is 9.66. The quantitative estimate of drug-likeness (QED) is 0.398. The summed E-state index contributed by atoms with van der Waals surface area (Å²) in [5, 5.41) is 11.1. The molecule has 0 fully saturated rings. The number of carbonyl (C=O) groups excluding carboxylic acids is 2. The van der Waals surface area contributed by atoms with E-state index in [9.17, 15) is 9.59 Å². The predicted molar refractivity (Wildman–Crippen MR) is 130 cm³/mol. The maximum Gasteiger partial charge on any atom is 0.266 e. The smallest absolute Gasteiger partial charge is 0.266 e. The second-order valence-electron chi connectivity index (χ2n) is 7.93. The third-order valence-electron chi connectivity index (χ3n) is 5.25. The fraction of sp³-hybridized carbons (Fsp3) is 0.192. The molecule has 4 rings (SSSR count). The van der Waals surface area contributed by atoms with Gasteiger partial charge < -0.3 is 24.6 Å². The van der Waals surface area contributed by atoms with Gasteiger partial charge in [0.1, 0.15) is 17.3 Å². The molecule has 1 unspecified atom stereocenters. The van der Waals surface area contributed by atoms with Crippen LogP contribution in [-0.4, -0.2) is 30.2 Å². The number of hydrogen-bond donors (Lipinski definition) is 2. The minimum Gasteiger partial charge on any atom is -0.495 e. The van der Waals surface area contributed by atoms with Gasteiger partial charge in [-0.3, -0.25) is 9.59 Å². The number of nitrogens with zero attached hydrogens (tertiary/aromatic N) is 1. The van der Waals surface area contributed by atoms with Crippen LogP contribution >= 0.6 is 0 Å². The van der Waals surface area contributed by atoms with Crippen LogP contribution in [0.15, 0.2) is 65.2 Å². The van der Waals surface area contributed by atoms with E-state index in [2.05, 4.69) is 15.8 Å². The van der Waals surface area contributed by atoms with Crippen LogP contribution in [0.2, 0.25) is 0 Å². The molecule has 0 aliphatic heterocycles. The van der Waals surface area contributed by atoms with Crippen LogP contribution in [0.1, 0.15) is 28.6 Å². The van der Waals surface area contributed by atoms with Gasteiger partial charge in [0.25, 0.3) is 11.8 Å². The Balaban J connectivity index is 1.64. The van der Waals surface area contributed by atoms with Gasteiger partial charge >= 0.3 is 0 Å². The van der Waals surface area contributed by atoms with E-state index in [0.717, 1.165) is 16.3 Å². The Morgan fingerprint density at radius 2 is 1.68 bits per heavy atom. The van der Waals surface area contributed by atoms with E-state index in [0.29, 0.717) is 28.6 Å². The van der Waals surface area contributed by atoms with Crippen LogP contribution in [0.3, 0.4) is 0 Å². The van der Waals surface area contributed by atoms with Crippen molar-refractivity contribution in [2.24, 2.45) is 0 Å². The molecule has 8 heteroatoms. The van der Waals surface area contributed by atoms with Crippen molar-refractivity contribution in [2.45, 2.75) is 26.9 Å². The molecule has 0 saturated heterocycles. The van der Waals surface area contributed by atoms with E-state index in [-0.39, 0.29) is 11.7 Å². The lowest BCUT2D eigenvalue weighted by Gasteiger charge is -2.18. The van der Waals surface area contributed by atoms with Gasteiger partial charge in [-0.2, -0.15) is 0 Å². The Bertz CT molecular complexity index is 1360. The third kappa shape index (κ3) is 5.01. The number of hydrogen-bond acceptors (Lipinski definition) is 6. The number of anilines is 2. The summed E-state index contributed by atoms with van der Waals surface area (Å²) < 4.78 is 16.3. The van der Waals surface area contributed by atoms with E-state index in [1.54, 1.807) is 45.2 Å². The molecule has 1 aromatic heterocycles. The Labute approximate surface area is 196 Å². The number of methoxy groups -OCH3 is 1. The molecule has 3 aromatic carbocycles. The third-order valence-corrected chi connectivity index (χ3v) is 5.25. The van der Waals surface area contributed by atoms with E-state index in [1.165, 1.54) is 0 Å². The Hall–Kier alpha value is -4.33. The molecule has 0 spiro atoms. The Kier molecular flexibility index (Phi) is 6.49. The van der Waals surface area contributed by atoms with Crippen molar-refractivity contribution in [1.29, 1.82) is 0 Å². The molecule has 1 atom stereocenters. The molecule has 0 radical (unpaired) electrons. The van der Waals surface area contributed by atoms with Gasteiger partial charge in [-0.1, -0.05) is 35.5 Å². The molecule has 34 heavy (non-hydrogen) atoms. The highest BCUT2D eigenvalue weighted by molar-refractivity contribution is 6.09. The van der Waals surface area contributed by atoms with Gasteiger partial charge in [0.15, 0.2) is 11.9 Å². The van der Waals surface area contributed by atoms with Crippen LogP contribution < -0.4 is 20.1 Å². The monoisotopic (exact) mass is 459 g/mol. The lowest BCUT2D eigenvalue weighted by Crippen LogP contribution is -2.31. The summed E-state index contributed by atoms with van der Waals surface area (Å²) in [6.07, 6.45) is -0.904. The first kappa shape index (κ1) is 22.8. The molecular formula is C26H25N3O5. The van der Waals surface area contributed by atoms with Crippen LogP contribution in [0.4, 0.5) is 11.5 Å². The first-order valence-corrected chi connectivity index (χ1v) is 10.7. The van der Waals surface area contributed by atoms with Crippen molar-refractivity contribution >= 4 is 34.1 Å². The zero-order valence-electron chi connectivity index (χ0n) is 19.3. The van der Waals surface area contributed by atoms with Crippen LogP contribution in [0, 0.1) is 13.8 Å². The van der Waals surface area contributed by atoms with Gasteiger partial charge in [0.05, 0.1) is 18.4 Å². The molecule has 0 bridgehead atoms. The predicted octanol–water partition coefficient (Wildman–Crippen LogP) is 5.11. The number of rotatable bonds is 7. The number of nitrogens with one attached hydrogen (secondary N) is 2. The van der Waals surface area contributed by atoms with E-state index >= 15 is 0 Å².